The van der Waals surface area contributed by atoms with E-state index in [-0.39, 0.29) is 0 Å². The van der Waals surface area contributed by atoms with Gasteiger partial charge in [-0.3, -0.25) is 0 Å². The zero-order valence-corrected chi connectivity index (χ0v) is 12.4. The van der Waals surface area contributed by atoms with Crippen LogP contribution >= 0.6 is 0 Å². The van der Waals surface area contributed by atoms with Crippen molar-refractivity contribution >= 4 is 5.95 Å². The highest BCUT2D eigenvalue weighted by Gasteiger charge is 2.11. The van der Waals surface area contributed by atoms with Crippen molar-refractivity contribution in [2.45, 2.75) is 27.7 Å². The van der Waals surface area contributed by atoms with Gasteiger partial charge in [0.2, 0.25) is 5.95 Å². The molecule has 0 spiro atoms. The second-order valence-corrected chi connectivity index (χ2v) is 4.48. The van der Waals surface area contributed by atoms with Gasteiger partial charge in [-0.15, -0.1) is 0 Å². The fraction of sp³-hybridized carbons (Fsp3) is 0.400. The minimum absolute atomic E-state index is 0.356. The second kappa shape index (κ2) is 6.32. The normalized spacial score (nSPS) is 10.4. The van der Waals surface area contributed by atoms with E-state index in [1.165, 1.54) is 11.1 Å². The zero-order chi connectivity index (χ0) is 14.5. The molecule has 0 aliphatic heterocycles. The van der Waals surface area contributed by atoms with Crippen LogP contribution in [0, 0.1) is 13.8 Å². The fourth-order valence-electron chi connectivity index (χ4n) is 1.90. The molecular formula is C15H20N4O. The summed E-state index contributed by atoms with van der Waals surface area (Å²) in [7, 11) is 0. The lowest BCUT2D eigenvalue weighted by atomic mass is 10.0. The van der Waals surface area contributed by atoms with Crippen LogP contribution in [-0.2, 0) is 0 Å². The predicted molar refractivity (Wildman–Crippen MR) is 80.1 cm³/mol. The van der Waals surface area contributed by atoms with Gasteiger partial charge in [-0.1, -0.05) is 18.2 Å². The maximum absolute atomic E-state index is 5.42. The van der Waals surface area contributed by atoms with E-state index >= 15 is 0 Å². The molecule has 0 unspecified atom stereocenters. The zero-order valence-electron chi connectivity index (χ0n) is 12.4. The first kappa shape index (κ1) is 14.2. The van der Waals surface area contributed by atoms with Gasteiger partial charge in [0, 0.05) is 12.1 Å². The molecule has 0 aliphatic carbocycles. The topological polar surface area (TPSA) is 59.9 Å². The summed E-state index contributed by atoms with van der Waals surface area (Å²) in [5, 5.41) is 3.11. The Labute approximate surface area is 119 Å². The van der Waals surface area contributed by atoms with E-state index in [1.54, 1.807) is 0 Å². The van der Waals surface area contributed by atoms with Gasteiger partial charge in [-0.2, -0.15) is 15.0 Å². The lowest BCUT2D eigenvalue weighted by Gasteiger charge is -2.10. The molecule has 0 aliphatic rings. The summed E-state index contributed by atoms with van der Waals surface area (Å²) in [5.74, 6) is 1.18. The van der Waals surface area contributed by atoms with Crippen molar-refractivity contribution in [2.24, 2.45) is 0 Å². The Hall–Kier alpha value is -2.17. The highest BCUT2D eigenvalue weighted by molar-refractivity contribution is 5.62. The summed E-state index contributed by atoms with van der Waals surface area (Å²) in [6.45, 7) is 9.34. The van der Waals surface area contributed by atoms with Gasteiger partial charge in [-0.25, -0.2) is 0 Å². The van der Waals surface area contributed by atoms with Gasteiger partial charge in [-0.05, 0) is 38.8 Å². The average molecular weight is 272 g/mol. The van der Waals surface area contributed by atoms with Crippen LogP contribution in [0.25, 0.3) is 11.4 Å². The van der Waals surface area contributed by atoms with Crippen molar-refractivity contribution in [2.75, 3.05) is 18.5 Å². The Morgan fingerprint density at radius 3 is 2.60 bits per heavy atom. The van der Waals surface area contributed by atoms with E-state index in [0.717, 1.165) is 12.1 Å². The molecule has 1 aromatic carbocycles. The van der Waals surface area contributed by atoms with Crippen molar-refractivity contribution in [3.63, 3.8) is 0 Å². The third-order valence-corrected chi connectivity index (χ3v) is 3.07. The first-order valence-corrected chi connectivity index (χ1v) is 6.85. The van der Waals surface area contributed by atoms with Crippen LogP contribution in [0.3, 0.4) is 0 Å². The minimum atomic E-state index is 0.356. The molecule has 0 amide bonds. The summed E-state index contributed by atoms with van der Waals surface area (Å²) < 4.78 is 5.42. The summed E-state index contributed by atoms with van der Waals surface area (Å²) in [6.07, 6.45) is 0. The molecule has 0 radical (unpaired) electrons. The summed E-state index contributed by atoms with van der Waals surface area (Å²) in [4.78, 5) is 13.1. The van der Waals surface area contributed by atoms with Crippen molar-refractivity contribution in [1.29, 1.82) is 0 Å². The van der Waals surface area contributed by atoms with Crippen LogP contribution in [0.5, 0.6) is 6.01 Å². The molecule has 20 heavy (non-hydrogen) atoms. The molecule has 0 bridgehead atoms. The Balaban J connectivity index is 2.51. The molecular weight excluding hydrogens is 252 g/mol. The molecule has 0 saturated carbocycles. The van der Waals surface area contributed by atoms with Gasteiger partial charge in [0.15, 0.2) is 5.82 Å². The van der Waals surface area contributed by atoms with Crippen LogP contribution in [0.1, 0.15) is 25.0 Å². The molecule has 2 rings (SSSR count). The molecule has 2 aromatic rings. The number of hydrogen-bond donors (Lipinski definition) is 1. The van der Waals surface area contributed by atoms with E-state index in [1.807, 2.05) is 26.0 Å². The number of nitrogens with one attached hydrogen (secondary N) is 1. The summed E-state index contributed by atoms with van der Waals surface area (Å²) in [6, 6.07) is 6.46. The Kier molecular flexibility index (Phi) is 4.50. The van der Waals surface area contributed by atoms with Crippen LogP contribution < -0.4 is 10.1 Å². The van der Waals surface area contributed by atoms with Crippen molar-refractivity contribution in [3.8, 4) is 17.4 Å². The number of rotatable bonds is 5. The smallest absolute Gasteiger partial charge is 0.321 e. The Morgan fingerprint density at radius 2 is 1.90 bits per heavy atom. The Morgan fingerprint density at radius 1 is 1.10 bits per heavy atom. The van der Waals surface area contributed by atoms with Gasteiger partial charge >= 0.3 is 6.01 Å². The molecule has 5 heteroatoms. The average Bonchev–Trinajstić information content (AvgIpc) is 2.42. The van der Waals surface area contributed by atoms with E-state index in [0.29, 0.717) is 24.4 Å². The highest BCUT2D eigenvalue weighted by Crippen LogP contribution is 2.24. The number of benzene rings is 1. The highest BCUT2D eigenvalue weighted by atomic mass is 16.5. The first-order valence-electron chi connectivity index (χ1n) is 6.85. The molecule has 5 nitrogen and oxygen atoms in total. The number of aryl methyl sites for hydroxylation is 1. The predicted octanol–water partition coefficient (Wildman–Crippen LogP) is 2.99. The minimum Gasteiger partial charge on any atom is -0.464 e. The van der Waals surface area contributed by atoms with Crippen molar-refractivity contribution in [1.82, 2.24) is 15.0 Å². The van der Waals surface area contributed by atoms with Crippen LogP contribution in [0.2, 0.25) is 0 Å². The monoisotopic (exact) mass is 272 g/mol. The number of aromatic nitrogens is 3. The van der Waals surface area contributed by atoms with E-state index in [4.69, 9.17) is 4.74 Å². The van der Waals surface area contributed by atoms with E-state index < -0.39 is 0 Å². The standard InChI is InChI=1S/C15H20N4O/c1-5-16-14-17-13(18-15(19-14)20-6-2)12-9-7-8-10(3)11(12)4/h7-9H,5-6H2,1-4H3,(H,16,17,18,19). The van der Waals surface area contributed by atoms with Crippen molar-refractivity contribution in [3.05, 3.63) is 29.3 Å². The van der Waals surface area contributed by atoms with Gasteiger partial charge in [0.25, 0.3) is 0 Å². The third-order valence-electron chi connectivity index (χ3n) is 3.07. The van der Waals surface area contributed by atoms with Crippen LogP contribution in [-0.4, -0.2) is 28.1 Å². The van der Waals surface area contributed by atoms with Crippen LogP contribution in [0.15, 0.2) is 18.2 Å². The van der Waals surface area contributed by atoms with Crippen molar-refractivity contribution < 1.29 is 4.74 Å². The third kappa shape index (κ3) is 3.04. The van der Waals surface area contributed by atoms with Gasteiger partial charge in [0.05, 0.1) is 6.61 Å². The lowest BCUT2D eigenvalue weighted by Crippen LogP contribution is -2.08. The molecule has 0 saturated heterocycles. The van der Waals surface area contributed by atoms with Gasteiger partial charge in [0.1, 0.15) is 0 Å². The molecule has 0 atom stereocenters. The molecule has 0 fully saturated rings. The molecule has 1 heterocycles. The van der Waals surface area contributed by atoms with E-state index in [9.17, 15) is 0 Å². The molecule has 1 aromatic heterocycles. The van der Waals surface area contributed by atoms with Crippen LogP contribution in [0.4, 0.5) is 5.95 Å². The SMILES string of the molecule is CCNc1nc(OCC)nc(-c2cccc(C)c2C)n1. The molecule has 1 N–H and O–H groups in total. The quantitative estimate of drug-likeness (QED) is 0.906. The maximum Gasteiger partial charge on any atom is 0.321 e. The fourth-order valence-corrected chi connectivity index (χ4v) is 1.90. The lowest BCUT2D eigenvalue weighted by molar-refractivity contribution is 0.312. The first-order chi connectivity index (χ1) is 9.65. The summed E-state index contributed by atoms with van der Waals surface area (Å²) >= 11 is 0. The maximum atomic E-state index is 5.42. The summed E-state index contributed by atoms with van der Waals surface area (Å²) in [5.41, 5.74) is 3.39. The van der Waals surface area contributed by atoms with E-state index in [2.05, 4.69) is 40.2 Å². The molecule has 106 valence electrons. The van der Waals surface area contributed by atoms with Gasteiger partial charge < -0.3 is 10.1 Å². The number of nitrogens with zero attached hydrogens (tertiary/aromatic N) is 3. The number of ether oxygens (including phenoxy) is 1. The number of anilines is 1. The Bertz CT molecular complexity index is 574. The second-order valence-electron chi connectivity index (χ2n) is 4.48. The largest absolute Gasteiger partial charge is 0.464 e. The number of hydrogen-bond acceptors (Lipinski definition) is 5.